The van der Waals surface area contributed by atoms with E-state index in [-0.39, 0.29) is 6.61 Å². The third-order valence-corrected chi connectivity index (χ3v) is 3.80. The molecule has 22 heavy (non-hydrogen) atoms. The van der Waals surface area contributed by atoms with Crippen molar-refractivity contribution in [3.05, 3.63) is 0 Å². The van der Waals surface area contributed by atoms with E-state index in [1.165, 1.54) is 7.11 Å². The van der Waals surface area contributed by atoms with Gasteiger partial charge in [0.2, 0.25) is 0 Å². The average Bonchev–Trinajstić information content (AvgIpc) is 2.52. The molecule has 10 heteroatoms. The van der Waals surface area contributed by atoms with Gasteiger partial charge in [-0.3, -0.25) is 0 Å². The topological polar surface area (TPSA) is 158 Å². The highest BCUT2D eigenvalue weighted by Gasteiger charge is 2.48. The normalized spacial score (nSPS) is 50.0. The molecule has 0 unspecified atom stereocenters. The van der Waals surface area contributed by atoms with E-state index in [9.17, 15) is 25.5 Å². The van der Waals surface area contributed by atoms with Crippen LogP contribution in [0, 0.1) is 0 Å². The van der Waals surface area contributed by atoms with Crippen molar-refractivity contribution in [2.75, 3.05) is 20.3 Å². The van der Waals surface area contributed by atoms with Gasteiger partial charge in [0.05, 0.1) is 13.2 Å². The van der Waals surface area contributed by atoms with Crippen LogP contribution in [0.15, 0.2) is 0 Å². The third kappa shape index (κ3) is 3.41. The highest BCUT2D eigenvalue weighted by Crippen LogP contribution is 2.27. The first-order chi connectivity index (χ1) is 10.4. The molecule has 6 N–H and O–H groups in total. The Hall–Kier alpha value is -0.400. The first-order valence-corrected chi connectivity index (χ1v) is 6.87. The van der Waals surface area contributed by atoms with Crippen molar-refractivity contribution in [2.45, 2.75) is 55.3 Å². The lowest BCUT2D eigenvalue weighted by atomic mass is 9.99. The molecule has 2 fully saturated rings. The van der Waals surface area contributed by atoms with Gasteiger partial charge in [0.15, 0.2) is 12.6 Å². The van der Waals surface area contributed by atoms with Crippen molar-refractivity contribution in [1.82, 2.24) is 0 Å². The molecule has 10 nitrogen and oxygen atoms in total. The Morgan fingerprint density at radius 3 is 2.23 bits per heavy atom. The number of aliphatic hydroxyl groups excluding tert-OH is 6. The second-order valence-corrected chi connectivity index (χ2v) is 5.29. The summed E-state index contributed by atoms with van der Waals surface area (Å²) in [5, 5.41) is 58.0. The minimum atomic E-state index is -1.62. The van der Waals surface area contributed by atoms with E-state index < -0.39 is 61.9 Å². The first kappa shape index (κ1) is 17.9. The number of rotatable bonds is 4. The maximum Gasteiger partial charge on any atom is 0.187 e. The van der Waals surface area contributed by atoms with Crippen LogP contribution < -0.4 is 0 Å². The summed E-state index contributed by atoms with van der Waals surface area (Å²) in [6.45, 7) is -0.765. The molecule has 0 aromatic rings. The van der Waals surface area contributed by atoms with Crippen molar-refractivity contribution in [1.29, 1.82) is 0 Å². The van der Waals surface area contributed by atoms with E-state index in [2.05, 4.69) is 0 Å². The summed E-state index contributed by atoms with van der Waals surface area (Å²) in [4.78, 5) is 0. The molecule has 0 spiro atoms. The monoisotopic (exact) mass is 326 g/mol. The Morgan fingerprint density at radius 2 is 1.64 bits per heavy atom. The minimum Gasteiger partial charge on any atom is -0.394 e. The quantitative estimate of drug-likeness (QED) is 0.300. The summed E-state index contributed by atoms with van der Waals surface area (Å²) in [5.41, 5.74) is 0. The molecule has 2 heterocycles. The Kier molecular flexibility index (Phi) is 6.07. The summed E-state index contributed by atoms with van der Waals surface area (Å²) in [6, 6.07) is 0. The number of hydrogen-bond acceptors (Lipinski definition) is 10. The molecule has 2 aliphatic rings. The van der Waals surface area contributed by atoms with E-state index in [0.717, 1.165) is 0 Å². The van der Waals surface area contributed by atoms with Gasteiger partial charge in [-0.1, -0.05) is 0 Å². The van der Waals surface area contributed by atoms with E-state index in [4.69, 9.17) is 24.1 Å². The molecule has 0 aromatic carbocycles. The van der Waals surface area contributed by atoms with Gasteiger partial charge in [-0.15, -0.1) is 0 Å². The Balaban J connectivity index is 2.09. The molecule has 2 saturated heterocycles. The van der Waals surface area contributed by atoms with Gasteiger partial charge in [0.25, 0.3) is 0 Å². The van der Waals surface area contributed by atoms with Crippen molar-refractivity contribution in [3.8, 4) is 0 Å². The molecule has 0 bridgehead atoms. The maximum atomic E-state index is 9.96. The molecule has 0 saturated carbocycles. The molecule has 0 radical (unpaired) electrons. The lowest BCUT2D eigenvalue weighted by molar-refractivity contribution is -0.354. The highest BCUT2D eigenvalue weighted by atomic mass is 16.7. The maximum absolute atomic E-state index is 9.96. The number of methoxy groups -OCH3 is 1. The summed E-state index contributed by atoms with van der Waals surface area (Å²) in [7, 11) is 1.30. The fraction of sp³-hybridized carbons (Fsp3) is 1.00. The van der Waals surface area contributed by atoms with Crippen molar-refractivity contribution in [3.63, 3.8) is 0 Å². The van der Waals surface area contributed by atoms with Gasteiger partial charge in [-0.2, -0.15) is 0 Å². The van der Waals surface area contributed by atoms with Crippen LogP contribution in [0.2, 0.25) is 0 Å². The Morgan fingerprint density at radius 1 is 0.955 bits per heavy atom. The average molecular weight is 326 g/mol. The Labute approximate surface area is 126 Å². The van der Waals surface area contributed by atoms with Gasteiger partial charge in [-0.25, -0.2) is 0 Å². The third-order valence-electron chi connectivity index (χ3n) is 3.80. The molecule has 0 aromatic heterocycles. The van der Waals surface area contributed by atoms with Crippen LogP contribution >= 0.6 is 0 Å². The molecule has 0 amide bonds. The fourth-order valence-corrected chi connectivity index (χ4v) is 2.45. The Bertz CT molecular complexity index is 351. The summed E-state index contributed by atoms with van der Waals surface area (Å²) in [6.07, 6.45) is -12.2. The predicted molar refractivity (Wildman–Crippen MR) is 67.4 cm³/mol. The SMILES string of the molecule is CO[C@@H]1OC[C@@H](O)[C@H](O)[C@H]1O[C@H]1O[C@@H](CO)[C@H](O)[C@@H](O)[C@@H]1O. The van der Waals surface area contributed by atoms with Crippen molar-refractivity contribution >= 4 is 0 Å². The zero-order valence-corrected chi connectivity index (χ0v) is 11.9. The lowest BCUT2D eigenvalue weighted by Gasteiger charge is -2.44. The summed E-state index contributed by atoms with van der Waals surface area (Å²) < 4.78 is 20.7. The molecular formula is C12H22O10. The van der Waals surface area contributed by atoms with Gasteiger partial charge in [0, 0.05) is 7.11 Å². The van der Waals surface area contributed by atoms with E-state index in [0.29, 0.717) is 0 Å². The van der Waals surface area contributed by atoms with E-state index >= 15 is 0 Å². The summed E-state index contributed by atoms with van der Waals surface area (Å²) in [5.74, 6) is 0. The van der Waals surface area contributed by atoms with Crippen LogP contribution in [-0.2, 0) is 18.9 Å². The predicted octanol–water partition coefficient (Wildman–Crippen LogP) is -4.10. The van der Waals surface area contributed by atoms with Crippen LogP contribution in [0.4, 0.5) is 0 Å². The molecule has 2 aliphatic heterocycles. The van der Waals surface area contributed by atoms with Gasteiger partial charge in [0.1, 0.15) is 42.7 Å². The molecule has 9 atom stereocenters. The number of hydrogen-bond donors (Lipinski definition) is 6. The second kappa shape index (κ2) is 7.45. The lowest BCUT2D eigenvalue weighted by Crippen LogP contribution is -2.62. The molecular weight excluding hydrogens is 304 g/mol. The molecule has 130 valence electrons. The van der Waals surface area contributed by atoms with Crippen molar-refractivity contribution in [2.24, 2.45) is 0 Å². The van der Waals surface area contributed by atoms with Crippen molar-refractivity contribution < 1.29 is 49.6 Å². The first-order valence-electron chi connectivity index (χ1n) is 6.87. The second-order valence-electron chi connectivity index (χ2n) is 5.29. The van der Waals surface area contributed by atoms with E-state index in [1.807, 2.05) is 0 Å². The van der Waals surface area contributed by atoms with Crippen LogP contribution in [0.5, 0.6) is 0 Å². The van der Waals surface area contributed by atoms with Crippen LogP contribution in [0.25, 0.3) is 0 Å². The van der Waals surface area contributed by atoms with Crippen LogP contribution in [0.3, 0.4) is 0 Å². The van der Waals surface area contributed by atoms with E-state index in [1.54, 1.807) is 0 Å². The zero-order valence-electron chi connectivity index (χ0n) is 11.9. The number of ether oxygens (including phenoxy) is 4. The van der Waals surface area contributed by atoms with Gasteiger partial charge < -0.3 is 49.6 Å². The van der Waals surface area contributed by atoms with Gasteiger partial charge in [-0.05, 0) is 0 Å². The van der Waals surface area contributed by atoms with Gasteiger partial charge >= 0.3 is 0 Å². The largest absolute Gasteiger partial charge is 0.394 e. The molecule has 2 rings (SSSR count). The summed E-state index contributed by atoms with van der Waals surface area (Å²) >= 11 is 0. The zero-order chi connectivity index (χ0) is 16.4. The highest BCUT2D eigenvalue weighted by molar-refractivity contribution is 4.91. The fourth-order valence-electron chi connectivity index (χ4n) is 2.45. The van der Waals surface area contributed by atoms with Crippen LogP contribution in [-0.4, -0.2) is 106 Å². The minimum absolute atomic E-state index is 0.159. The van der Waals surface area contributed by atoms with Crippen LogP contribution in [0.1, 0.15) is 0 Å². The number of aliphatic hydroxyl groups is 6. The molecule has 0 aliphatic carbocycles. The smallest absolute Gasteiger partial charge is 0.187 e. The standard InChI is InChI=1S/C12H22O10/c1-19-12-10(6(15)4(14)3-20-12)22-11-9(18)8(17)7(16)5(2-13)21-11/h4-18H,2-3H2,1H3/t4-,5+,6+,7+,8-,9+,10-,11-,12-/m1/s1.